The van der Waals surface area contributed by atoms with Crippen molar-refractivity contribution < 1.29 is 18.0 Å². The fourth-order valence-electron chi connectivity index (χ4n) is 1.63. The molecule has 21 heavy (non-hydrogen) atoms. The SMILES string of the molecule is NC(=O)c1ccc(C(=O)NS(=O)(=O)c2ccccc2)cc1. The number of hydrogen-bond donors (Lipinski definition) is 2. The molecule has 0 radical (unpaired) electrons. The minimum absolute atomic E-state index is 0.00731. The van der Waals surface area contributed by atoms with Crippen molar-refractivity contribution >= 4 is 21.8 Å². The largest absolute Gasteiger partial charge is 0.366 e. The molecule has 0 aliphatic carbocycles. The minimum atomic E-state index is -3.93. The molecule has 0 saturated heterocycles. The number of nitrogens with two attached hydrogens (primary N) is 1. The number of primary amides is 1. The number of carbonyl (C=O) groups is 2. The standard InChI is InChI=1S/C14H12N2O4S/c15-13(17)10-6-8-11(9-7-10)14(18)16-21(19,20)12-4-2-1-3-5-12/h1-9H,(H2,15,17)(H,16,18). The van der Waals surface area contributed by atoms with Crippen LogP contribution in [-0.2, 0) is 10.0 Å². The molecule has 0 aromatic heterocycles. The summed E-state index contributed by atoms with van der Waals surface area (Å²) in [4.78, 5) is 22.8. The highest BCUT2D eigenvalue weighted by Gasteiger charge is 2.18. The van der Waals surface area contributed by atoms with Gasteiger partial charge in [-0.3, -0.25) is 9.59 Å². The molecule has 0 spiro atoms. The Balaban J connectivity index is 2.20. The summed E-state index contributed by atoms with van der Waals surface area (Å²) in [5.74, 6) is -1.41. The third-order valence-corrected chi connectivity index (χ3v) is 4.06. The lowest BCUT2D eigenvalue weighted by molar-refractivity contribution is 0.0975. The van der Waals surface area contributed by atoms with Crippen LogP contribution in [0, 0.1) is 0 Å². The van der Waals surface area contributed by atoms with Gasteiger partial charge in [-0.05, 0) is 36.4 Å². The number of hydrogen-bond acceptors (Lipinski definition) is 4. The van der Waals surface area contributed by atoms with E-state index in [4.69, 9.17) is 5.73 Å². The molecule has 2 aromatic carbocycles. The van der Waals surface area contributed by atoms with E-state index in [1.54, 1.807) is 18.2 Å². The van der Waals surface area contributed by atoms with Gasteiger partial charge in [0.2, 0.25) is 5.91 Å². The Labute approximate surface area is 121 Å². The number of sulfonamides is 1. The number of nitrogens with one attached hydrogen (secondary N) is 1. The Hall–Kier alpha value is -2.67. The second-order valence-electron chi connectivity index (χ2n) is 4.19. The van der Waals surface area contributed by atoms with Crippen LogP contribution < -0.4 is 10.5 Å². The van der Waals surface area contributed by atoms with Gasteiger partial charge in [0.05, 0.1) is 4.90 Å². The highest BCUT2D eigenvalue weighted by Crippen LogP contribution is 2.09. The quantitative estimate of drug-likeness (QED) is 0.875. The van der Waals surface area contributed by atoms with Crippen LogP contribution in [-0.4, -0.2) is 20.2 Å². The topological polar surface area (TPSA) is 106 Å². The smallest absolute Gasteiger partial charge is 0.264 e. The van der Waals surface area contributed by atoms with Crippen LogP contribution in [0.3, 0.4) is 0 Å². The first kappa shape index (κ1) is 14.7. The predicted molar refractivity (Wildman–Crippen MR) is 76.1 cm³/mol. The van der Waals surface area contributed by atoms with Crippen molar-refractivity contribution in [2.24, 2.45) is 5.73 Å². The second-order valence-corrected chi connectivity index (χ2v) is 5.87. The van der Waals surface area contributed by atoms with Crippen molar-refractivity contribution in [2.75, 3.05) is 0 Å². The highest BCUT2D eigenvalue weighted by atomic mass is 32.2. The van der Waals surface area contributed by atoms with Gasteiger partial charge in [-0.15, -0.1) is 0 Å². The predicted octanol–water partition coefficient (Wildman–Crippen LogP) is 0.904. The summed E-state index contributed by atoms with van der Waals surface area (Å²) in [7, 11) is -3.93. The first-order valence-corrected chi connectivity index (χ1v) is 7.40. The fourth-order valence-corrected chi connectivity index (χ4v) is 2.62. The van der Waals surface area contributed by atoms with Crippen molar-refractivity contribution in [3.8, 4) is 0 Å². The lowest BCUT2D eigenvalue weighted by atomic mass is 10.1. The van der Waals surface area contributed by atoms with Crippen molar-refractivity contribution in [1.29, 1.82) is 0 Å². The lowest BCUT2D eigenvalue weighted by Gasteiger charge is -2.07. The third-order valence-electron chi connectivity index (χ3n) is 2.71. The molecule has 0 fully saturated rings. The van der Waals surface area contributed by atoms with Crippen LogP contribution in [0.2, 0.25) is 0 Å². The summed E-state index contributed by atoms with van der Waals surface area (Å²) >= 11 is 0. The summed E-state index contributed by atoms with van der Waals surface area (Å²) < 4.78 is 25.9. The summed E-state index contributed by atoms with van der Waals surface area (Å²) in [6.45, 7) is 0. The molecule has 0 unspecified atom stereocenters. The van der Waals surface area contributed by atoms with Crippen LogP contribution in [0.5, 0.6) is 0 Å². The van der Waals surface area contributed by atoms with E-state index in [9.17, 15) is 18.0 Å². The molecule has 3 N–H and O–H groups in total. The van der Waals surface area contributed by atoms with Crippen molar-refractivity contribution in [1.82, 2.24) is 4.72 Å². The van der Waals surface area contributed by atoms with E-state index in [-0.39, 0.29) is 16.0 Å². The van der Waals surface area contributed by atoms with E-state index in [2.05, 4.69) is 0 Å². The molecule has 0 aliphatic heterocycles. The maximum Gasteiger partial charge on any atom is 0.264 e. The zero-order chi connectivity index (χ0) is 15.5. The molecule has 0 atom stereocenters. The monoisotopic (exact) mass is 304 g/mol. The number of carbonyl (C=O) groups excluding carboxylic acids is 2. The van der Waals surface area contributed by atoms with E-state index in [0.717, 1.165) is 0 Å². The van der Waals surface area contributed by atoms with Crippen LogP contribution >= 0.6 is 0 Å². The Kier molecular flexibility index (Phi) is 4.04. The van der Waals surface area contributed by atoms with Gasteiger partial charge in [0.1, 0.15) is 0 Å². The number of rotatable bonds is 4. The van der Waals surface area contributed by atoms with E-state index in [1.807, 2.05) is 4.72 Å². The normalized spacial score (nSPS) is 10.9. The lowest BCUT2D eigenvalue weighted by Crippen LogP contribution is -2.30. The van der Waals surface area contributed by atoms with Gasteiger partial charge in [0.15, 0.2) is 0 Å². The van der Waals surface area contributed by atoms with E-state index >= 15 is 0 Å². The summed E-state index contributed by atoms with van der Waals surface area (Å²) in [5, 5.41) is 0. The highest BCUT2D eigenvalue weighted by molar-refractivity contribution is 7.90. The van der Waals surface area contributed by atoms with Gasteiger partial charge >= 0.3 is 0 Å². The molecular weight excluding hydrogens is 292 g/mol. The molecule has 6 nitrogen and oxygen atoms in total. The van der Waals surface area contributed by atoms with Gasteiger partial charge in [-0.2, -0.15) is 0 Å². The first-order chi connectivity index (χ1) is 9.90. The Morgan fingerprint density at radius 2 is 1.38 bits per heavy atom. The van der Waals surface area contributed by atoms with Crippen LogP contribution in [0.1, 0.15) is 20.7 Å². The Bertz CT molecular complexity index is 768. The van der Waals surface area contributed by atoms with Crippen LogP contribution in [0.15, 0.2) is 59.5 Å². The second kappa shape index (κ2) is 5.76. The van der Waals surface area contributed by atoms with E-state index < -0.39 is 21.8 Å². The van der Waals surface area contributed by atoms with Gasteiger partial charge in [0.25, 0.3) is 15.9 Å². The fraction of sp³-hybridized carbons (Fsp3) is 0. The zero-order valence-electron chi connectivity index (χ0n) is 10.8. The van der Waals surface area contributed by atoms with Crippen molar-refractivity contribution in [3.63, 3.8) is 0 Å². The molecule has 2 rings (SSSR count). The summed E-state index contributed by atoms with van der Waals surface area (Å²) in [5.41, 5.74) is 5.43. The van der Waals surface area contributed by atoms with Crippen molar-refractivity contribution in [2.45, 2.75) is 4.90 Å². The zero-order valence-corrected chi connectivity index (χ0v) is 11.6. The van der Waals surface area contributed by atoms with Gasteiger partial charge in [0, 0.05) is 11.1 Å². The minimum Gasteiger partial charge on any atom is -0.366 e. The number of amides is 2. The summed E-state index contributed by atoms with van der Waals surface area (Å²) in [6.07, 6.45) is 0. The average Bonchev–Trinajstić information content (AvgIpc) is 2.48. The first-order valence-electron chi connectivity index (χ1n) is 5.92. The molecule has 7 heteroatoms. The van der Waals surface area contributed by atoms with Crippen LogP contribution in [0.25, 0.3) is 0 Å². The maximum atomic E-state index is 12.0. The molecule has 108 valence electrons. The molecule has 0 saturated carbocycles. The third kappa shape index (κ3) is 3.46. The molecule has 0 heterocycles. The molecule has 0 bridgehead atoms. The Morgan fingerprint density at radius 1 is 0.857 bits per heavy atom. The molecule has 2 amide bonds. The van der Waals surface area contributed by atoms with Gasteiger partial charge in [-0.25, -0.2) is 13.1 Å². The summed E-state index contributed by atoms with van der Waals surface area (Å²) in [6, 6.07) is 12.9. The number of benzene rings is 2. The molecule has 2 aromatic rings. The van der Waals surface area contributed by atoms with Gasteiger partial charge < -0.3 is 5.73 Å². The maximum absolute atomic E-state index is 12.0. The van der Waals surface area contributed by atoms with Crippen molar-refractivity contribution in [3.05, 3.63) is 65.7 Å². The molecule has 0 aliphatic rings. The van der Waals surface area contributed by atoms with Gasteiger partial charge in [-0.1, -0.05) is 18.2 Å². The van der Waals surface area contributed by atoms with Crippen LogP contribution in [0.4, 0.5) is 0 Å². The Morgan fingerprint density at radius 3 is 1.90 bits per heavy atom. The van der Waals surface area contributed by atoms with E-state index in [0.29, 0.717) is 0 Å². The average molecular weight is 304 g/mol. The van der Waals surface area contributed by atoms with E-state index in [1.165, 1.54) is 36.4 Å². The molecular formula is C14H12N2O4S.